The standard InChI is InChI=1S/C22H20F3NO4/c1-12(2)7-8-26-16-6-4-3-5-14(16)21(20(26)29)11-30-18-10-17(27)13(9-15(18)21)19(28)22(23,24)25/h3-6,9-10,12,27H,7-8,11H2,1-2H3. The van der Waals surface area contributed by atoms with Gasteiger partial charge in [-0.05, 0) is 30.0 Å². The molecule has 1 unspecified atom stereocenters. The molecule has 0 radical (unpaired) electrons. The van der Waals surface area contributed by atoms with Crippen molar-refractivity contribution in [2.45, 2.75) is 31.9 Å². The van der Waals surface area contributed by atoms with Gasteiger partial charge in [0.2, 0.25) is 5.91 Å². The molecule has 0 fully saturated rings. The number of rotatable bonds is 4. The second kappa shape index (κ2) is 6.75. The molecule has 2 aromatic carbocycles. The van der Waals surface area contributed by atoms with Crippen LogP contribution in [0.3, 0.4) is 0 Å². The van der Waals surface area contributed by atoms with Crippen LogP contribution in [0.15, 0.2) is 36.4 Å². The SMILES string of the molecule is CC(C)CCN1C(=O)C2(COc3cc(O)c(C(=O)C(F)(F)F)cc32)c2ccccc21. The van der Waals surface area contributed by atoms with E-state index in [1.807, 2.05) is 13.8 Å². The maximum absolute atomic E-state index is 13.6. The predicted molar refractivity (Wildman–Crippen MR) is 103 cm³/mol. The van der Waals surface area contributed by atoms with Crippen LogP contribution in [0.2, 0.25) is 0 Å². The molecule has 5 nitrogen and oxygen atoms in total. The van der Waals surface area contributed by atoms with Crippen LogP contribution in [0.4, 0.5) is 18.9 Å². The van der Waals surface area contributed by atoms with E-state index in [0.29, 0.717) is 23.7 Å². The molecule has 4 rings (SSSR count). The number of aromatic hydroxyl groups is 1. The topological polar surface area (TPSA) is 66.8 Å². The number of anilines is 1. The van der Waals surface area contributed by atoms with Crippen LogP contribution < -0.4 is 9.64 Å². The number of alkyl halides is 3. The summed E-state index contributed by atoms with van der Waals surface area (Å²) in [6, 6.07) is 9.02. The monoisotopic (exact) mass is 419 g/mol. The second-order valence-electron chi connectivity index (χ2n) is 8.04. The van der Waals surface area contributed by atoms with Crippen LogP contribution in [0.5, 0.6) is 11.5 Å². The molecule has 0 bridgehead atoms. The van der Waals surface area contributed by atoms with Gasteiger partial charge in [-0.15, -0.1) is 0 Å². The maximum atomic E-state index is 13.6. The smallest absolute Gasteiger partial charge is 0.455 e. The van der Waals surface area contributed by atoms with E-state index in [1.165, 1.54) is 0 Å². The number of nitrogens with zero attached hydrogens (tertiary/aromatic N) is 1. The first-order valence-corrected chi connectivity index (χ1v) is 9.60. The summed E-state index contributed by atoms with van der Waals surface area (Å²) in [4.78, 5) is 27.1. The molecule has 0 saturated carbocycles. The Labute approximate surface area is 171 Å². The zero-order valence-electron chi connectivity index (χ0n) is 16.4. The van der Waals surface area contributed by atoms with E-state index >= 15 is 0 Å². The Kier molecular flexibility index (Phi) is 4.56. The van der Waals surface area contributed by atoms with Crippen molar-refractivity contribution in [3.05, 3.63) is 53.1 Å². The number of fused-ring (bicyclic) bond motifs is 4. The van der Waals surface area contributed by atoms with E-state index in [-0.39, 0.29) is 23.8 Å². The zero-order valence-corrected chi connectivity index (χ0v) is 16.4. The molecule has 2 aliphatic rings. The fourth-order valence-electron chi connectivity index (χ4n) is 4.15. The van der Waals surface area contributed by atoms with Gasteiger partial charge >= 0.3 is 6.18 Å². The van der Waals surface area contributed by atoms with Crippen molar-refractivity contribution < 1.29 is 32.6 Å². The lowest BCUT2D eigenvalue weighted by Gasteiger charge is -2.24. The van der Waals surface area contributed by atoms with Gasteiger partial charge < -0.3 is 14.7 Å². The van der Waals surface area contributed by atoms with Gasteiger partial charge in [-0.2, -0.15) is 13.2 Å². The van der Waals surface area contributed by atoms with Gasteiger partial charge in [0.25, 0.3) is 5.78 Å². The average molecular weight is 419 g/mol. The third kappa shape index (κ3) is 2.85. The lowest BCUT2D eigenvalue weighted by atomic mass is 9.76. The number of carbonyl (C=O) groups excluding carboxylic acids is 2. The summed E-state index contributed by atoms with van der Waals surface area (Å²) in [5.41, 5.74) is -0.781. The molecule has 2 aliphatic heterocycles. The Morgan fingerprint density at radius 2 is 1.93 bits per heavy atom. The molecule has 0 aromatic heterocycles. The van der Waals surface area contributed by atoms with Gasteiger partial charge in [-0.25, -0.2) is 0 Å². The number of halogens is 3. The number of benzene rings is 2. The molecule has 2 heterocycles. The Bertz CT molecular complexity index is 1050. The number of Topliss-reactive ketones (excluding diaryl/α,β-unsaturated/α-hetero) is 1. The number of hydrogen-bond acceptors (Lipinski definition) is 4. The van der Waals surface area contributed by atoms with Gasteiger partial charge in [0, 0.05) is 23.9 Å². The third-order valence-electron chi connectivity index (χ3n) is 5.70. The molecule has 30 heavy (non-hydrogen) atoms. The third-order valence-corrected chi connectivity index (χ3v) is 5.70. The lowest BCUT2D eigenvalue weighted by molar-refractivity contribution is -0.122. The van der Waals surface area contributed by atoms with E-state index in [2.05, 4.69) is 0 Å². The van der Waals surface area contributed by atoms with E-state index in [9.17, 15) is 27.9 Å². The highest BCUT2D eigenvalue weighted by atomic mass is 19.4. The van der Waals surface area contributed by atoms with Gasteiger partial charge in [-0.1, -0.05) is 32.0 Å². The molecule has 1 N–H and O–H groups in total. The van der Waals surface area contributed by atoms with Crippen LogP contribution in [-0.2, 0) is 10.2 Å². The van der Waals surface area contributed by atoms with Crippen molar-refractivity contribution in [1.82, 2.24) is 0 Å². The molecular weight excluding hydrogens is 399 g/mol. The first-order valence-electron chi connectivity index (χ1n) is 9.60. The Balaban J connectivity index is 1.88. The normalized spacial score (nSPS) is 19.9. The number of ketones is 1. The number of ether oxygens (including phenoxy) is 1. The summed E-state index contributed by atoms with van der Waals surface area (Å²) < 4.78 is 44.7. The number of hydrogen-bond donors (Lipinski definition) is 1. The van der Waals surface area contributed by atoms with Crippen molar-refractivity contribution in [2.24, 2.45) is 5.92 Å². The Morgan fingerprint density at radius 1 is 1.23 bits per heavy atom. The highest BCUT2D eigenvalue weighted by Gasteiger charge is 2.57. The zero-order chi connectivity index (χ0) is 21.8. The molecular formula is C22H20F3NO4. The van der Waals surface area contributed by atoms with E-state index in [4.69, 9.17) is 4.74 Å². The fraction of sp³-hybridized carbons (Fsp3) is 0.364. The lowest BCUT2D eigenvalue weighted by Crippen LogP contribution is -2.43. The first kappa shape index (κ1) is 20.3. The van der Waals surface area contributed by atoms with Gasteiger partial charge in [0.15, 0.2) is 0 Å². The van der Waals surface area contributed by atoms with Crippen molar-refractivity contribution in [3.63, 3.8) is 0 Å². The summed E-state index contributed by atoms with van der Waals surface area (Å²) in [6.07, 6.45) is -4.41. The summed E-state index contributed by atoms with van der Waals surface area (Å²) in [7, 11) is 0. The summed E-state index contributed by atoms with van der Waals surface area (Å²) in [5.74, 6) is -2.86. The molecule has 1 atom stereocenters. The molecule has 2 aromatic rings. The van der Waals surface area contributed by atoms with Crippen molar-refractivity contribution in [2.75, 3.05) is 18.1 Å². The number of para-hydroxylation sites is 1. The van der Waals surface area contributed by atoms with E-state index < -0.39 is 28.7 Å². The van der Waals surface area contributed by atoms with Gasteiger partial charge in [-0.3, -0.25) is 9.59 Å². The number of amides is 1. The molecule has 1 spiro atoms. The highest BCUT2D eigenvalue weighted by Crippen LogP contribution is 2.53. The molecule has 0 aliphatic carbocycles. The highest BCUT2D eigenvalue weighted by molar-refractivity contribution is 6.12. The molecule has 1 amide bonds. The van der Waals surface area contributed by atoms with Gasteiger partial charge in [0.1, 0.15) is 23.5 Å². The minimum absolute atomic E-state index is 0.0973. The molecule has 8 heteroatoms. The Morgan fingerprint density at radius 3 is 2.60 bits per heavy atom. The largest absolute Gasteiger partial charge is 0.507 e. The molecule has 0 saturated heterocycles. The summed E-state index contributed by atoms with van der Waals surface area (Å²) >= 11 is 0. The minimum Gasteiger partial charge on any atom is -0.507 e. The number of phenolic OH excluding ortho intramolecular Hbond substituents is 1. The van der Waals surface area contributed by atoms with E-state index in [1.54, 1.807) is 29.2 Å². The Hall–Kier alpha value is -3.03. The second-order valence-corrected chi connectivity index (χ2v) is 8.04. The quantitative estimate of drug-likeness (QED) is 0.754. The number of carbonyl (C=O) groups is 2. The molecule has 158 valence electrons. The minimum atomic E-state index is -5.15. The van der Waals surface area contributed by atoms with Crippen molar-refractivity contribution in [1.29, 1.82) is 0 Å². The number of phenols is 1. The van der Waals surface area contributed by atoms with Crippen LogP contribution >= 0.6 is 0 Å². The average Bonchev–Trinajstić information content (AvgIpc) is 3.15. The van der Waals surface area contributed by atoms with Crippen LogP contribution in [0, 0.1) is 5.92 Å². The fourth-order valence-corrected chi connectivity index (χ4v) is 4.15. The summed E-state index contributed by atoms with van der Waals surface area (Å²) in [6.45, 7) is 4.42. The van der Waals surface area contributed by atoms with Crippen molar-refractivity contribution >= 4 is 17.4 Å². The van der Waals surface area contributed by atoms with Crippen molar-refractivity contribution in [3.8, 4) is 11.5 Å². The van der Waals surface area contributed by atoms with E-state index in [0.717, 1.165) is 18.6 Å². The van der Waals surface area contributed by atoms with Crippen LogP contribution in [0.1, 0.15) is 41.8 Å². The van der Waals surface area contributed by atoms with Crippen LogP contribution in [-0.4, -0.2) is 36.1 Å². The maximum Gasteiger partial charge on any atom is 0.455 e. The first-order chi connectivity index (χ1) is 14.1. The summed E-state index contributed by atoms with van der Waals surface area (Å²) in [5, 5.41) is 10.0. The van der Waals surface area contributed by atoms with Crippen LogP contribution in [0.25, 0.3) is 0 Å². The van der Waals surface area contributed by atoms with Gasteiger partial charge in [0.05, 0.1) is 5.56 Å². The predicted octanol–water partition coefficient (Wildman–Crippen LogP) is 4.21.